The molecule has 1 atom stereocenters. The quantitative estimate of drug-likeness (QED) is 0.648. The van der Waals surface area contributed by atoms with Crippen molar-refractivity contribution in [2.24, 2.45) is 5.73 Å². The molecule has 4 rings (SSSR count). The third-order valence-corrected chi connectivity index (χ3v) is 5.15. The molecular weight excluding hydrogens is 376 g/mol. The molecule has 1 aliphatic rings. The first-order valence-electron chi connectivity index (χ1n) is 9.26. The molecule has 0 spiro atoms. The van der Waals surface area contributed by atoms with Gasteiger partial charge in [0, 0.05) is 11.9 Å². The van der Waals surface area contributed by atoms with E-state index in [1.165, 1.54) is 13.2 Å². The summed E-state index contributed by atoms with van der Waals surface area (Å²) in [5.74, 6) is -0.653. The number of aromatic nitrogens is 2. The van der Waals surface area contributed by atoms with Crippen LogP contribution in [0.25, 0.3) is 11.0 Å². The van der Waals surface area contributed by atoms with Crippen molar-refractivity contribution in [3.8, 4) is 5.75 Å². The number of aromatic amines is 1. The van der Waals surface area contributed by atoms with Crippen LogP contribution in [0.4, 0.5) is 0 Å². The maximum atomic E-state index is 13.3. The number of hydrogen-bond acceptors (Lipinski definition) is 6. The highest BCUT2D eigenvalue weighted by molar-refractivity contribution is 5.97. The fraction of sp³-hybridized carbons (Fsp3) is 0.300. The number of piperidine rings is 1. The van der Waals surface area contributed by atoms with Crippen LogP contribution in [0.5, 0.6) is 5.75 Å². The van der Waals surface area contributed by atoms with Crippen molar-refractivity contribution in [2.75, 3.05) is 13.7 Å². The first kappa shape index (κ1) is 18.7. The van der Waals surface area contributed by atoms with Gasteiger partial charge >= 0.3 is 5.63 Å². The van der Waals surface area contributed by atoms with Gasteiger partial charge in [-0.2, -0.15) is 5.10 Å². The molecule has 2 aromatic heterocycles. The van der Waals surface area contributed by atoms with E-state index in [0.29, 0.717) is 35.4 Å². The third-order valence-electron chi connectivity index (χ3n) is 5.15. The van der Waals surface area contributed by atoms with E-state index in [1.54, 1.807) is 29.2 Å². The molecule has 0 bridgehead atoms. The molecule has 3 aromatic rings. The third kappa shape index (κ3) is 3.35. The van der Waals surface area contributed by atoms with Crippen LogP contribution >= 0.6 is 0 Å². The number of nitrogens with zero attached hydrogens (tertiary/aromatic N) is 2. The lowest BCUT2D eigenvalue weighted by Crippen LogP contribution is -2.40. The summed E-state index contributed by atoms with van der Waals surface area (Å²) in [6.07, 6.45) is 2.40. The maximum Gasteiger partial charge on any atom is 0.349 e. The van der Waals surface area contributed by atoms with Gasteiger partial charge in [-0.1, -0.05) is 12.1 Å². The Kier molecular flexibility index (Phi) is 4.79. The van der Waals surface area contributed by atoms with Crippen LogP contribution < -0.4 is 16.1 Å². The number of likely N-dealkylation sites (tertiary alicyclic amines) is 1. The number of methoxy groups -OCH3 is 1. The minimum absolute atomic E-state index is 0.0488. The van der Waals surface area contributed by atoms with Gasteiger partial charge in [0.05, 0.1) is 18.8 Å². The molecular formula is C20H20N4O5. The Labute approximate surface area is 165 Å². The molecule has 1 aliphatic heterocycles. The van der Waals surface area contributed by atoms with Crippen LogP contribution in [0.3, 0.4) is 0 Å². The second-order valence-corrected chi connectivity index (χ2v) is 6.91. The van der Waals surface area contributed by atoms with E-state index < -0.39 is 17.4 Å². The number of H-pyrrole nitrogens is 1. The van der Waals surface area contributed by atoms with Crippen LogP contribution in [0.2, 0.25) is 0 Å². The average Bonchev–Trinajstić information content (AvgIpc) is 3.23. The molecule has 3 N–H and O–H groups in total. The largest absolute Gasteiger partial charge is 0.493 e. The molecule has 9 nitrogen and oxygen atoms in total. The van der Waals surface area contributed by atoms with Crippen molar-refractivity contribution >= 4 is 22.8 Å². The van der Waals surface area contributed by atoms with Gasteiger partial charge in [-0.3, -0.25) is 14.7 Å². The molecule has 1 unspecified atom stereocenters. The number of rotatable bonds is 4. The van der Waals surface area contributed by atoms with Gasteiger partial charge in [-0.15, -0.1) is 0 Å². The van der Waals surface area contributed by atoms with Crippen molar-refractivity contribution in [3.63, 3.8) is 0 Å². The highest BCUT2D eigenvalue weighted by Crippen LogP contribution is 2.32. The SMILES string of the molecule is COc1cccc2cc(C(=O)N3CCCCC3c3cc(C(N)=O)n[nH]3)c(=O)oc12. The number of nitrogens with two attached hydrogens (primary N) is 1. The van der Waals surface area contributed by atoms with Crippen molar-refractivity contribution in [3.05, 3.63) is 57.7 Å². The van der Waals surface area contributed by atoms with Crippen LogP contribution in [0, 0.1) is 0 Å². The number of ether oxygens (including phenoxy) is 1. The highest BCUT2D eigenvalue weighted by atomic mass is 16.5. The number of benzene rings is 1. The Morgan fingerprint density at radius 2 is 2.14 bits per heavy atom. The van der Waals surface area contributed by atoms with Crippen molar-refractivity contribution in [1.82, 2.24) is 15.1 Å². The molecule has 3 heterocycles. The minimum Gasteiger partial charge on any atom is -0.493 e. The number of carbonyl (C=O) groups excluding carboxylic acids is 2. The zero-order chi connectivity index (χ0) is 20.5. The normalized spacial score (nSPS) is 16.7. The molecule has 150 valence electrons. The Hall–Kier alpha value is -3.62. The summed E-state index contributed by atoms with van der Waals surface area (Å²) in [4.78, 5) is 38.8. The first-order valence-corrected chi connectivity index (χ1v) is 9.26. The van der Waals surface area contributed by atoms with E-state index in [0.717, 1.165) is 12.8 Å². The summed E-state index contributed by atoms with van der Waals surface area (Å²) < 4.78 is 10.6. The van der Waals surface area contributed by atoms with Crippen LogP contribution in [-0.2, 0) is 0 Å². The Morgan fingerprint density at radius 3 is 2.86 bits per heavy atom. The predicted molar refractivity (Wildman–Crippen MR) is 104 cm³/mol. The van der Waals surface area contributed by atoms with Gasteiger partial charge in [0.1, 0.15) is 11.3 Å². The molecule has 0 radical (unpaired) electrons. The molecule has 2 amide bonds. The monoisotopic (exact) mass is 396 g/mol. The standard InChI is InChI=1S/C20H20N4O5/c1-28-16-7-4-5-11-9-12(20(27)29-17(11)16)19(26)24-8-3-2-6-15(24)13-10-14(18(21)25)23-22-13/h4-5,7,9-10,15H,2-3,6,8H2,1H3,(H2,21,25)(H,22,23). The second kappa shape index (κ2) is 7.42. The average molecular weight is 396 g/mol. The zero-order valence-corrected chi connectivity index (χ0v) is 15.8. The number of amides is 2. The van der Waals surface area contributed by atoms with Crippen molar-refractivity contribution in [1.29, 1.82) is 0 Å². The summed E-state index contributed by atoms with van der Waals surface area (Å²) in [6.45, 7) is 0.476. The van der Waals surface area contributed by atoms with Gasteiger partial charge in [0.15, 0.2) is 11.3 Å². The van der Waals surface area contributed by atoms with E-state index in [2.05, 4.69) is 10.2 Å². The maximum absolute atomic E-state index is 13.3. The van der Waals surface area contributed by atoms with Gasteiger partial charge < -0.3 is 19.8 Å². The lowest BCUT2D eigenvalue weighted by molar-refractivity contribution is 0.0601. The molecule has 1 fully saturated rings. The number of carbonyl (C=O) groups is 2. The van der Waals surface area contributed by atoms with Crippen LogP contribution in [-0.4, -0.2) is 40.6 Å². The number of primary amides is 1. The summed E-state index contributed by atoms with van der Waals surface area (Å²) in [5, 5.41) is 7.29. The molecule has 0 saturated carbocycles. The molecule has 1 aromatic carbocycles. The van der Waals surface area contributed by atoms with E-state index in [1.807, 2.05) is 0 Å². The zero-order valence-electron chi connectivity index (χ0n) is 15.8. The number of para-hydroxylation sites is 1. The number of nitrogens with one attached hydrogen (secondary N) is 1. The number of hydrogen-bond donors (Lipinski definition) is 2. The smallest absolute Gasteiger partial charge is 0.349 e. The Bertz CT molecular complexity index is 1150. The first-order chi connectivity index (χ1) is 14.0. The van der Waals surface area contributed by atoms with E-state index >= 15 is 0 Å². The van der Waals surface area contributed by atoms with Crippen LogP contribution in [0.15, 0.2) is 39.5 Å². The van der Waals surface area contributed by atoms with Crippen molar-refractivity contribution in [2.45, 2.75) is 25.3 Å². The summed E-state index contributed by atoms with van der Waals surface area (Å²) in [6, 6.07) is 7.93. The second-order valence-electron chi connectivity index (χ2n) is 6.91. The highest BCUT2D eigenvalue weighted by Gasteiger charge is 2.32. The van der Waals surface area contributed by atoms with Crippen LogP contribution in [0.1, 0.15) is 51.8 Å². The molecule has 1 saturated heterocycles. The predicted octanol–water partition coefficient (Wildman–Crippen LogP) is 1.99. The topological polar surface area (TPSA) is 132 Å². The lowest BCUT2D eigenvalue weighted by atomic mass is 9.98. The lowest BCUT2D eigenvalue weighted by Gasteiger charge is -2.34. The fourth-order valence-corrected chi connectivity index (χ4v) is 3.71. The number of fused-ring (bicyclic) bond motifs is 1. The molecule has 29 heavy (non-hydrogen) atoms. The fourth-order valence-electron chi connectivity index (χ4n) is 3.71. The van der Waals surface area contributed by atoms with Gasteiger partial charge in [0.2, 0.25) is 0 Å². The van der Waals surface area contributed by atoms with E-state index in [-0.39, 0.29) is 17.3 Å². The van der Waals surface area contributed by atoms with Gasteiger partial charge in [0.25, 0.3) is 11.8 Å². The summed E-state index contributed by atoms with van der Waals surface area (Å²) in [7, 11) is 1.48. The Morgan fingerprint density at radius 1 is 1.31 bits per heavy atom. The minimum atomic E-state index is -0.723. The van der Waals surface area contributed by atoms with E-state index in [9.17, 15) is 14.4 Å². The molecule has 9 heteroatoms. The van der Waals surface area contributed by atoms with E-state index in [4.69, 9.17) is 14.9 Å². The summed E-state index contributed by atoms with van der Waals surface area (Å²) in [5.41, 5.74) is 5.51. The van der Waals surface area contributed by atoms with Gasteiger partial charge in [-0.05, 0) is 37.5 Å². The Balaban J connectivity index is 1.72. The van der Waals surface area contributed by atoms with Gasteiger partial charge in [-0.25, -0.2) is 4.79 Å². The van der Waals surface area contributed by atoms with Crippen molar-refractivity contribution < 1.29 is 18.7 Å². The summed E-state index contributed by atoms with van der Waals surface area (Å²) >= 11 is 0. The molecule has 0 aliphatic carbocycles.